The van der Waals surface area contributed by atoms with Crippen LogP contribution < -0.4 is 15.7 Å². The van der Waals surface area contributed by atoms with Crippen LogP contribution in [0.25, 0.3) is 11.2 Å². The lowest BCUT2D eigenvalue weighted by atomic mass is 10.3. The van der Waals surface area contributed by atoms with Crippen molar-refractivity contribution in [3.8, 4) is 5.75 Å². The van der Waals surface area contributed by atoms with Gasteiger partial charge in [-0.05, 0) is 19.1 Å². The highest BCUT2D eigenvalue weighted by molar-refractivity contribution is 5.80. The zero-order valence-electron chi connectivity index (χ0n) is 13.1. The van der Waals surface area contributed by atoms with Crippen molar-refractivity contribution in [2.45, 2.75) is 19.6 Å². The SMILES string of the molecule is C[C@@H](Oc1ccccc1)C(=O)NCCn1c(=O)[nH]c2cncnc21. The molecule has 3 aromatic rings. The molecule has 1 atom stereocenters. The topological polar surface area (TPSA) is 102 Å². The molecule has 0 fully saturated rings. The summed E-state index contributed by atoms with van der Waals surface area (Å²) in [6.45, 7) is 2.27. The second kappa shape index (κ2) is 6.95. The molecule has 0 bridgehead atoms. The van der Waals surface area contributed by atoms with E-state index in [2.05, 4.69) is 20.3 Å². The number of benzene rings is 1. The molecule has 2 aromatic heterocycles. The van der Waals surface area contributed by atoms with Gasteiger partial charge in [-0.2, -0.15) is 0 Å². The number of imidazole rings is 1. The van der Waals surface area contributed by atoms with Crippen molar-refractivity contribution in [3.05, 3.63) is 53.3 Å². The molecule has 0 unspecified atom stereocenters. The zero-order chi connectivity index (χ0) is 16.9. The van der Waals surface area contributed by atoms with E-state index in [1.165, 1.54) is 17.1 Å². The molecule has 0 spiro atoms. The number of fused-ring (bicyclic) bond motifs is 1. The van der Waals surface area contributed by atoms with Crippen LogP contribution in [0.3, 0.4) is 0 Å². The molecule has 0 aliphatic rings. The Morgan fingerprint density at radius 2 is 2.17 bits per heavy atom. The Kier molecular flexibility index (Phi) is 4.55. The fourth-order valence-electron chi connectivity index (χ4n) is 2.30. The minimum absolute atomic E-state index is 0.249. The standard InChI is InChI=1S/C16H17N5O3/c1-11(24-12-5-3-2-4-6-12)15(22)18-7-8-21-14-13(20-16(21)23)9-17-10-19-14/h2-6,9-11H,7-8H2,1H3,(H,18,22)(H,20,23)/t11-/m1/s1. The molecule has 0 aliphatic heterocycles. The van der Waals surface area contributed by atoms with Gasteiger partial charge in [-0.25, -0.2) is 14.8 Å². The monoisotopic (exact) mass is 327 g/mol. The van der Waals surface area contributed by atoms with Gasteiger partial charge in [0, 0.05) is 13.1 Å². The quantitative estimate of drug-likeness (QED) is 0.694. The lowest BCUT2D eigenvalue weighted by Crippen LogP contribution is -2.38. The Labute approximate surface area is 137 Å². The Balaban J connectivity index is 1.56. The van der Waals surface area contributed by atoms with Crippen LogP contribution in [0.4, 0.5) is 0 Å². The summed E-state index contributed by atoms with van der Waals surface area (Å²) in [5, 5.41) is 2.75. The van der Waals surface area contributed by atoms with E-state index >= 15 is 0 Å². The van der Waals surface area contributed by atoms with E-state index in [0.29, 0.717) is 23.5 Å². The predicted octanol–water partition coefficient (Wildman–Crippen LogP) is 0.703. The van der Waals surface area contributed by atoms with Gasteiger partial charge in [-0.3, -0.25) is 9.36 Å². The van der Waals surface area contributed by atoms with E-state index < -0.39 is 6.10 Å². The summed E-state index contributed by atoms with van der Waals surface area (Å²) in [5.74, 6) is 0.381. The molecule has 2 N–H and O–H groups in total. The number of aromatic amines is 1. The molecule has 124 valence electrons. The average molecular weight is 327 g/mol. The number of carbonyl (C=O) groups excluding carboxylic acids is 1. The molecule has 3 rings (SSSR count). The molecular weight excluding hydrogens is 310 g/mol. The average Bonchev–Trinajstić information content (AvgIpc) is 2.91. The van der Waals surface area contributed by atoms with Crippen LogP contribution in [0.15, 0.2) is 47.7 Å². The largest absolute Gasteiger partial charge is 0.481 e. The maximum Gasteiger partial charge on any atom is 0.327 e. The van der Waals surface area contributed by atoms with Crippen LogP contribution in [0.1, 0.15) is 6.92 Å². The molecule has 1 amide bonds. The van der Waals surface area contributed by atoms with E-state index in [9.17, 15) is 9.59 Å². The summed E-state index contributed by atoms with van der Waals surface area (Å²) < 4.78 is 7.01. The maximum absolute atomic E-state index is 12.1. The number of para-hydroxylation sites is 1. The number of rotatable bonds is 6. The number of hydrogen-bond acceptors (Lipinski definition) is 5. The fourth-order valence-corrected chi connectivity index (χ4v) is 2.30. The smallest absolute Gasteiger partial charge is 0.327 e. The highest BCUT2D eigenvalue weighted by Gasteiger charge is 2.14. The highest BCUT2D eigenvalue weighted by Crippen LogP contribution is 2.10. The molecule has 1 aromatic carbocycles. The zero-order valence-corrected chi connectivity index (χ0v) is 13.1. The van der Waals surface area contributed by atoms with Crippen LogP contribution in [-0.4, -0.2) is 38.1 Å². The number of nitrogens with zero attached hydrogens (tertiary/aromatic N) is 3. The first kappa shape index (κ1) is 15.7. The third-order valence-corrected chi connectivity index (χ3v) is 3.49. The maximum atomic E-state index is 12.1. The second-order valence-electron chi connectivity index (χ2n) is 5.21. The Morgan fingerprint density at radius 3 is 2.96 bits per heavy atom. The van der Waals surface area contributed by atoms with Gasteiger partial charge < -0.3 is 15.0 Å². The van der Waals surface area contributed by atoms with E-state index in [-0.39, 0.29) is 18.1 Å². The highest BCUT2D eigenvalue weighted by atomic mass is 16.5. The van der Waals surface area contributed by atoms with Crippen LogP contribution in [0, 0.1) is 0 Å². The van der Waals surface area contributed by atoms with Gasteiger partial charge in [0.1, 0.15) is 17.6 Å². The number of H-pyrrole nitrogens is 1. The van der Waals surface area contributed by atoms with E-state index in [0.717, 1.165) is 0 Å². The summed E-state index contributed by atoms with van der Waals surface area (Å²) in [6, 6.07) is 9.13. The fraction of sp³-hybridized carbons (Fsp3) is 0.250. The van der Waals surface area contributed by atoms with Crippen molar-refractivity contribution in [2.24, 2.45) is 0 Å². The summed E-state index contributed by atoms with van der Waals surface area (Å²) in [4.78, 5) is 34.6. The number of carbonyl (C=O) groups is 1. The molecule has 0 saturated heterocycles. The first-order valence-corrected chi connectivity index (χ1v) is 7.53. The van der Waals surface area contributed by atoms with Gasteiger partial charge >= 0.3 is 5.69 Å². The Bertz CT molecular complexity index is 887. The van der Waals surface area contributed by atoms with Crippen LogP contribution >= 0.6 is 0 Å². The first-order chi connectivity index (χ1) is 11.6. The summed E-state index contributed by atoms with van der Waals surface area (Å²) in [6.07, 6.45) is 2.28. The molecule has 2 heterocycles. The van der Waals surface area contributed by atoms with Crippen molar-refractivity contribution >= 4 is 17.1 Å². The van der Waals surface area contributed by atoms with E-state index in [1.807, 2.05) is 18.2 Å². The van der Waals surface area contributed by atoms with E-state index in [4.69, 9.17) is 4.74 Å². The number of ether oxygens (including phenoxy) is 1. The van der Waals surface area contributed by atoms with Gasteiger partial charge in [0.2, 0.25) is 0 Å². The molecule has 8 heteroatoms. The second-order valence-corrected chi connectivity index (χ2v) is 5.21. The Hall–Kier alpha value is -3.16. The normalized spacial score (nSPS) is 12.0. The minimum Gasteiger partial charge on any atom is -0.481 e. The lowest BCUT2D eigenvalue weighted by molar-refractivity contribution is -0.127. The third kappa shape index (κ3) is 3.43. The van der Waals surface area contributed by atoms with Crippen molar-refractivity contribution in [1.82, 2.24) is 24.8 Å². The third-order valence-electron chi connectivity index (χ3n) is 3.49. The number of amides is 1. The molecule has 0 radical (unpaired) electrons. The molecule has 8 nitrogen and oxygen atoms in total. The molecule has 0 saturated carbocycles. The van der Waals surface area contributed by atoms with Gasteiger partial charge in [0.25, 0.3) is 5.91 Å². The number of aromatic nitrogens is 4. The lowest BCUT2D eigenvalue weighted by Gasteiger charge is -2.14. The number of nitrogens with one attached hydrogen (secondary N) is 2. The van der Waals surface area contributed by atoms with Gasteiger partial charge in [0.15, 0.2) is 11.8 Å². The van der Waals surface area contributed by atoms with Crippen molar-refractivity contribution in [1.29, 1.82) is 0 Å². The molecule has 0 aliphatic carbocycles. The van der Waals surface area contributed by atoms with Crippen molar-refractivity contribution in [2.75, 3.05) is 6.54 Å². The summed E-state index contributed by atoms with van der Waals surface area (Å²) in [7, 11) is 0. The van der Waals surface area contributed by atoms with Crippen molar-refractivity contribution in [3.63, 3.8) is 0 Å². The van der Waals surface area contributed by atoms with Gasteiger partial charge in [0.05, 0.1) is 6.20 Å². The van der Waals surface area contributed by atoms with Crippen LogP contribution in [0.5, 0.6) is 5.75 Å². The summed E-state index contributed by atoms with van der Waals surface area (Å²) >= 11 is 0. The minimum atomic E-state index is -0.630. The summed E-state index contributed by atoms with van der Waals surface area (Å²) in [5.41, 5.74) is 0.792. The molecular formula is C16H17N5O3. The molecule has 24 heavy (non-hydrogen) atoms. The van der Waals surface area contributed by atoms with Crippen molar-refractivity contribution < 1.29 is 9.53 Å². The van der Waals surface area contributed by atoms with Crippen LogP contribution in [0.2, 0.25) is 0 Å². The van der Waals surface area contributed by atoms with Gasteiger partial charge in [-0.15, -0.1) is 0 Å². The Morgan fingerprint density at radius 1 is 1.38 bits per heavy atom. The predicted molar refractivity (Wildman–Crippen MR) is 87.7 cm³/mol. The van der Waals surface area contributed by atoms with Crippen LogP contribution in [-0.2, 0) is 11.3 Å². The first-order valence-electron chi connectivity index (χ1n) is 7.53. The number of hydrogen-bond donors (Lipinski definition) is 2. The van der Waals surface area contributed by atoms with E-state index in [1.54, 1.807) is 19.1 Å². The van der Waals surface area contributed by atoms with Gasteiger partial charge in [-0.1, -0.05) is 18.2 Å².